The first kappa shape index (κ1) is 15.0. The van der Waals surface area contributed by atoms with E-state index < -0.39 is 0 Å². The predicted molar refractivity (Wildman–Crippen MR) is 70.2 cm³/mol. The highest BCUT2D eigenvalue weighted by atomic mass is 14.9. The molecule has 0 saturated heterocycles. The Hall–Kier alpha value is -0.0400. The van der Waals surface area contributed by atoms with Crippen LogP contribution in [0.3, 0.4) is 0 Å². The maximum absolute atomic E-state index is 3.49. The van der Waals surface area contributed by atoms with Crippen molar-refractivity contribution in [2.75, 3.05) is 6.54 Å². The molecule has 0 saturated carbocycles. The summed E-state index contributed by atoms with van der Waals surface area (Å²) >= 11 is 0. The van der Waals surface area contributed by atoms with Gasteiger partial charge in [0.25, 0.3) is 0 Å². The largest absolute Gasteiger partial charge is 0.315 e. The van der Waals surface area contributed by atoms with Crippen LogP contribution < -0.4 is 5.32 Å². The van der Waals surface area contributed by atoms with Gasteiger partial charge in [0.05, 0.1) is 0 Å². The quantitative estimate of drug-likeness (QED) is 0.565. The molecule has 0 aromatic carbocycles. The Kier molecular flexibility index (Phi) is 9.18. The topological polar surface area (TPSA) is 12.0 Å². The third kappa shape index (κ3) is 8.92. The highest BCUT2D eigenvalue weighted by Gasteiger charge is 2.09. The molecule has 0 aliphatic carbocycles. The highest BCUT2D eigenvalue weighted by molar-refractivity contribution is 4.63. The van der Waals surface area contributed by atoms with Crippen molar-refractivity contribution < 1.29 is 0 Å². The molecule has 0 radical (unpaired) electrons. The van der Waals surface area contributed by atoms with Crippen molar-refractivity contribution >= 4 is 0 Å². The SMILES string of the molecule is CCC(C)CC(CC)CCCNC(C)C. The summed E-state index contributed by atoms with van der Waals surface area (Å²) in [6, 6.07) is 0.639. The average Bonchev–Trinajstić information content (AvgIpc) is 2.21. The Labute approximate surface area is 97.0 Å². The molecule has 0 aliphatic heterocycles. The number of hydrogen-bond acceptors (Lipinski definition) is 1. The monoisotopic (exact) mass is 213 g/mol. The molecule has 1 nitrogen and oxygen atoms in total. The van der Waals surface area contributed by atoms with Gasteiger partial charge in [0.2, 0.25) is 0 Å². The number of nitrogens with one attached hydrogen (secondary N) is 1. The molecule has 0 heterocycles. The van der Waals surface area contributed by atoms with E-state index in [1.165, 1.54) is 38.6 Å². The predicted octanol–water partition coefficient (Wildman–Crippen LogP) is 4.23. The Balaban J connectivity index is 3.52. The minimum Gasteiger partial charge on any atom is -0.315 e. The van der Waals surface area contributed by atoms with E-state index in [9.17, 15) is 0 Å². The zero-order valence-corrected chi connectivity index (χ0v) is 11.5. The van der Waals surface area contributed by atoms with E-state index in [1.807, 2.05) is 0 Å². The fourth-order valence-electron chi connectivity index (χ4n) is 2.01. The molecule has 0 amide bonds. The summed E-state index contributed by atoms with van der Waals surface area (Å²) in [5.74, 6) is 1.86. The van der Waals surface area contributed by atoms with Crippen molar-refractivity contribution in [2.24, 2.45) is 11.8 Å². The maximum Gasteiger partial charge on any atom is 0.00103 e. The van der Waals surface area contributed by atoms with Gasteiger partial charge < -0.3 is 5.32 Å². The molecule has 0 aromatic rings. The molecule has 0 bridgehead atoms. The summed E-state index contributed by atoms with van der Waals surface area (Å²) in [6.45, 7) is 12.7. The lowest BCUT2D eigenvalue weighted by molar-refractivity contribution is 0.343. The highest BCUT2D eigenvalue weighted by Crippen LogP contribution is 2.22. The van der Waals surface area contributed by atoms with Crippen LogP contribution in [0.1, 0.15) is 66.7 Å². The van der Waals surface area contributed by atoms with E-state index >= 15 is 0 Å². The van der Waals surface area contributed by atoms with Gasteiger partial charge >= 0.3 is 0 Å². The second-order valence-electron chi connectivity index (χ2n) is 5.27. The van der Waals surface area contributed by atoms with Crippen LogP contribution in [-0.4, -0.2) is 12.6 Å². The van der Waals surface area contributed by atoms with Crippen molar-refractivity contribution in [3.63, 3.8) is 0 Å². The lowest BCUT2D eigenvalue weighted by atomic mass is 9.89. The fraction of sp³-hybridized carbons (Fsp3) is 1.00. The standard InChI is InChI=1S/C14H31N/c1-6-13(5)11-14(7-2)9-8-10-15-12(3)4/h12-15H,6-11H2,1-5H3. The first-order chi connectivity index (χ1) is 7.10. The van der Waals surface area contributed by atoms with Crippen molar-refractivity contribution in [1.82, 2.24) is 5.32 Å². The van der Waals surface area contributed by atoms with Crippen molar-refractivity contribution in [1.29, 1.82) is 0 Å². The van der Waals surface area contributed by atoms with Crippen LogP contribution in [0.15, 0.2) is 0 Å². The maximum atomic E-state index is 3.49. The molecule has 0 aromatic heterocycles. The minimum atomic E-state index is 0.639. The van der Waals surface area contributed by atoms with Crippen molar-refractivity contribution in [3.8, 4) is 0 Å². The Bertz CT molecular complexity index is 131. The first-order valence-electron chi connectivity index (χ1n) is 6.83. The van der Waals surface area contributed by atoms with Crippen molar-refractivity contribution in [2.45, 2.75) is 72.8 Å². The average molecular weight is 213 g/mol. The van der Waals surface area contributed by atoms with E-state index in [0.29, 0.717) is 6.04 Å². The summed E-state index contributed by atoms with van der Waals surface area (Å²) in [7, 11) is 0. The first-order valence-corrected chi connectivity index (χ1v) is 6.83. The van der Waals surface area contributed by atoms with Crippen LogP contribution >= 0.6 is 0 Å². The number of rotatable bonds is 9. The lowest BCUT2D eigenvalue weighted by Gasteiger charge is -2.19. The summed E-state index contributed by atoms with van der Waals surface area (Å²) in [5, 5.41) is 3.49. The number of hydrogen-bond donors (Lipinski definition) is 1. The van der Waals surface area contributed by atoms with Crippen LogP contribution in [0.2, 0.25) is 0 Å². The van der Waals surface area contributed by atoms with Crippen molar-refractivity contribution in [3.05, 3.63) is 0 Å². The van der Waals surface area contributed by atoms with Crippen LogP contribution in [0.4, 0.5) is 0 Å². The second-order valence-corrected chi connectivity index (χ2v) is 5.27. The zero-order chi connectivity index (χ0) is 11.7. The summed E-state index contributed by atoms with van der Waals surface area (Å²) in [5.41, 5.74) is 0. The van der Waals surface area contributed by atoms with E-state index in [2.05, 4.69) is 39.9 Å². The normalized spacial score (nSPS) is 15.6. The summed E-state index contributed by atoms with van der Waals surface area (Å²) < 4.78 is 0. The zero-order valence-electron chi connectivity index (χ0n) is 11.5. The molecule has 1 N–H and O–H groups in total. The molecular weight excluding hydrogens is 182 g/mol. The van der Waals surface area contributed by atoms with Crippen LogP contribution in [0, 0.1) is 11.8 Å². The third-order valence-corrected chi connectivity index (χ3v) is 3.35. The second kappa shape index (κ2) is 9.21. The molecule has 0 rings (SSSR count). The molecule has 92 valence electrons. The summed E-state index contributed by atoms with van der Waals surface area (Å²) in [4.78, 5) is 0. The molecular formula is C14H31N. The van der Waals surface area contributed by atoms with Gasteiger partial charge in [-0.25, -0.2) is 0 Å². The van der Waals surface area contributed by atoms with Gasteiger partial charge in [-0.1, -0.05) is 47.5 Å². The van der Waals surface area contributed by atoms with E-state index in [4.69, 9.17) is 0 Å². The third-order valence-electron chi connectivity index (χ3n) is 3.35. The molecule has 0 spiro atoms. The van der Waals surface area contributed by atoms with Gasteiger partial charge in [0.1, 0.15) is 0 Å². The molecule has 2 atom stereocenters. The van der Waals surface area contributed by atoms with Gasteiger partial charge in [0, 0.05) is 6.04 Å². The van der Waals surface area contributed by atoms with E-state index in [-0.39, 0.29) is 0 Å². The van der Waals surface area contributed by atoms with Gasteiger partial charge in [-0.15, -0.1) is 0 Å². The summed E-state index contributed by atoms with van der Waals surface area (Å²) in [6.07, 6.45) is 6.86. The van der Waals surface area contributed by atoms with Crippen LogP contribution in [0.5, 0.6) is 0 Å². The molecule has 2 unspecified atom stereocenters. The molecule has 0 fully saturated rings. The van der Waals surface area contributed by atoms with Gasteiger partial charge in [0.15, 0.2) is 0 Å². The van der Waals surface area contributed by atoms with Crippen LogP contribution in [-0.2, 0) is 0 Å². The minimum absolute atomic E-state index is 0.639. The van der Waals surface area contributed by atoms with E-state index in [1.54, 1.807) is 0 Å². The molecule has 1 heteroatoms. The Morgan fingerprint density at radius 2 is 1.67 bits per heavy atom. The van der Waals surface area contributed by atoms with Gasteiger partial charge in [-0.2, -0.15) is 0 Å². The molecule has 0 aliphatic rings. The smallest absolute Gasteiger partial charge is 0.00103 e. The van der Waals surface area contributed by atoms with Gasteiger partial charge in [-0.3, -0.25) is 0 Å². The fourth-order valence-corrected chi connectivity index (χ4v) is 2.01. The lowest BCUT2D eigenvalue weighted by Crippen LogP contribution is -2.24. The van der Waals surface area contributed by atoms with Gasteiger partial charge in [-0.05, 0) is 37.6 Å². The Morgan fingerprint density at radius 1 is 1.00 bits per heavy atom. The van der Waals surface area contributed by atoms with Crippen LogP contribution in [0.25, 0.3) is 0 Å². The molecule has 15 heavy (non-hydrogen) atoms. The van der Waals surface area contributed by atoms with E-state index in [0.717, 1.165) is 11.8 Å². The Morgan fingerprint density at radius 3 is 2.13 bits per heavy atom.